The molecule has 1 aromatic carbocycles. The van der Waals surface area contributed by atoms with Crippen LogP contribution in [0, 0.1) is 5.41 Å². The van der Waals surface area contributed by atoms with Crippen LogP contribution in [0.15, 0.2) is 40.9 Å². The molecule has 1 aromatic heterocycles. The van der Waals surface area contributed by atoms with Gasteiger partial charge in [-0.2, -0.15) is 0 Å². The Morgan fingerprint density at radius 1 is 1.38 bits per heavy atom. The largest absolute Gasteiger partial charge is 0.396 e. The van der Waals surface area contributed by atoms with Crippen molar-refractivity contribution in [3.05, 3.63) is 42.1 Å². The van der Waals surface area contributed by atoms with Gasteiger partial charge >= 0.3 is 0 Å². The molecule has 1 amide bonds. The first kappa shape index (κ1) is 15.4. The Morgan fingerprint density at radius 2 is 2.17 bits per heavy atom. The van der Waals surface area contributed by atoms with Crippen molar-refractivity contribution in [2.24, 2.45) is 5.41 Å². The Morgan fingerprint density at radius 3 is 2.83 bits per heavy atom. The number of hydrogen-bond donors (Lipinski definition) is 1. The Labute approximate surface area is 141 Å². The molecule has 0 radical (unpaired) electrons. The van der Waals surface area contributed by atoms with Gasteiger partial charge in [0.05, 0.1) is 6.61 Å². The van der Waals surface area contributed by atoms with Crippen molar-refractivity contribution < 1.29 is 14.4 Å². The molecular weight excluding hydrogens is 304 g/mol. The van der Waals surface area contributed by atoms with E-state index in [4.69, 9.17) is 4.52 Å². The molecule has 24 heavy (non-hydrogen) atoms. The lowest BCUT2D eigenvalue weighted by Gasteiger charge is -2.34. The van der Waals surface area contributed by atoms with Crippen LogP contribution in [-0.2, 0) is 0 Å². The lowest BCUT2D eigenvalue weighted by atomic mass is 9.72. The van der Waals surface area contributed by atoms with Crippen LogP contribution in [0.3, 0.4) is 0 Å². The van der Waals surface area contributed by atoms with Crippen LogP contribution in [0.2, 0.25) is 0 Å². The third-order valence-corrected chi connectivity index (χ3v) is 5.89. The van der Waals surface area contributed by atoms with Crippen LogP contribution in [0.1, 0.15) is 43.1 Å². The fraction of sp³-hybridized carbons (Fsp3) is 0.474. The van der Waals surface area contributed by atoms with Gasteiger partial charge in [0.15, 0.2) is 11.5 Å². The predicted octanol–water partition coefficient (Wildman–Crippen LogP) is 3.11. The molecule has 2 bridgehead atoms. The van der Waals surface area contributed by atoms with Crippen LogP contribution in [0.4, 0.5) is 0 Å². The smallest absolute Gasteiger partial charge is 0.276 e. The number of aromatic nitrogens is 1. The highest BCUT2D eigenvalue weighted by Crippen LogP contribution is 2.51. The van der Waals surface area contributed by atoms with E-state index in [-0.39, 0.29) is 30.0 Å². The molecule has 2 fully saturated rings. The highest BCUT2D eigenvalue weighted by Gasteiger charge is 2.56. The molecule has 5 heteroatoms. The third-order valence-electron chi connectivity index (χ3n) is 5.89. The van der Waals surface area contributed by atoms with Crippen molar-refractivity contribution in [3.63, 3.8) is 0 Å². The summed E-state index contributed by atoms with van der Waals surface area (Å²) < 4.78 is 5.38. The number of amides is 1. The zero-order valence-corrected chi connectivity index (χ0v) is 13.8. The van der Waals surface area contributed by atoms with Crippen molar-refractivity contribution in [2.75, 3.05) is 6.61 Å². The summed E-state index contributed by atoms with van der Waals surface area (Å²) in [6.07, 6.45) is 3.76. The summed E-state index contributed by atoms with van der Waals surface area (Å²) in [6.45, 7) is 2.24. The first-order chi connectivity index (χ1) is 11.7. The SMILES string of the molecule is CC[C@]1(CO)C[C@H]2CC[C@@H]1N2C(=O)c1cc(-c2ccccc2)on1. The van der Waals surface area contributed by atoms with E-state index in [2.05, 4.69) is 12.1 Å². The second kappa shape index (κ2) is 5.74. The zero-order valence-electron chi connectivity index (χ0n) is 13.8. The summed E-state index contributed by atoms with van der Waals surface area (Å²) in [5.74, 6) is 0.534. The van der Waals surface area contributed by atoms with Gasteiger partial charge in [-0.05, 0) is 25.7 Å². The highest BCUT2D eigenvalue weighted by atomic mass is 16.5. The van der Waals surface area contributed by atoms with E-state index in [1.54, 1.807) is 6.07 Å². The number of aliphatic hydroxyl groups excluding tert-OH is 1. The molecule has 0 aliphatic carbocycles. The van der Waals surface area contributed by atoms with Crippen molar-refractivity contribution in [1.29, 1.82) is 0 Å². The number of benzene rings is 1. The number of rotatable bonds is 4. The minimum absolute atomic E-state index is 0.0720. The summed E-state index contributed by atoms with van der Waals surface area (Å²) in [5.41, 5.74) is 1.12. The average Bonchev–Trinajstić information content (AvgIpc) is 3.35. The summed E-state index contributed by atoms with van der Waals surface area (Å²) in [7, 11) is 0. The maximum absolute atomic E-state index is 13.0. The number of carbonyl (C=O) groups is 1. The molecule has 2 aliphatic rings. The van der Waals surface area contributed by atoms with E-state index >= 15 is 0 Å². The van der Waals surface area contributed by atoms with Crippen LogP contribution in [0.25, 0.3) is 11.3 Å². The van der Waals surface area contributed by atoms with Crippen LogP contribution >= 0.6 is 0 Å². The van der Waals surface area contributed by atoms with Gasteiger partial charge < -0.3 is 14.5 Å². The van der Waals surface area contributed by atoms with Gasteiger partial charge in [0, 0.05) is 29.1 Å². The molecule has 4 rings (SSSR count). The monoisotopic (exact) mass is 326 g/mol. The maximum atomic E-state index is 13.0. The van der Waals surface area contributed by atoms with Gasteiger partial charge in [-0.15, -0.1) is 0 Å². The van der Waals surface area contributed by atoms with Gasteiger partial charge in [-0.25, -0.2) is 0 Å². The second-order valence-corrected chi connectivity index (χ2v) is 6.98. The highest BCUT2D eigenvalue weighted by molar-refractivity contribution is 5.94. The molecule has 2 saturated heterocycles. The molecule has 2 aromatic rings. The number of aliphatic hydroxyl groups is 1. The van der Waals surface area contributed by atoms with Crippen LogP contribution < -0.4 is 0 Å². The quantitative estimate of drug-likeness (QED) is 0.937. The summed E-state index contributed by atoms with van der Waals surface area (Å²) in [4.78, 5) is 14.9. The average molecular weight is 326 g/mol. The molecule has 0 saturated carbocycles. The van der Waals surface area contributed by atoms with Crippen molar-refractivity contribution >= 4 is 5.91 Å². The molecule has 1 N–H and O–H groups in total. The predicted molar refractivity (Wildman–Crippen MR) is 89.3 cm³/mol. The first-order valence-electron chi connectivity index (χ1n) is 8.64. The second-order valence-electron chi connectivity index (χ2n) is 6.98. The molecule has 126 valence electrons. The molecule has 0 unspecified atom stereocenters. The summed E-state index contributed by atoms with van der Waals surface area (Å²) >= 11 is 0. The topological polar surface area (TPSA) is 66.6 Å². The van der Waals surface area contributed by atoms with Gasteiger partial charge in [0.2, 0.25) is 0 Å². The van der Waals surface area contributed by atoms with Gasteiger partial charge in [-0.1, -0.05) is 42.4 Å². The lowest BCUT2D eigenvalue weighted by molar-refractivity contribution is 0.0549. The van der Waals surface area contributed by atoms with Gasteiger partial charge in [-0.3, -0.25) is 4.79 Å². The van der Waals surface area contributed by atoms with E-state index < -0.39 is 0 Å². The molecular formula is C19H22N2O3. The van der Waals surface area contributed by atoms with Gasteiger partial charge in [0.25, 0.3) is 5.91 Å². The van der Waals surface area contributed by atoms with Crippen molar-refractivity contribution in [1.82, 2.24) is 10.1 Å². The van der Waals surface area contributed by atoms with E-state index in [1.165, 1.54) is 0 Å². The molecule has 3 heterocycles. The molecule has 2 aliphatic heterocycles. The Hall–Kier alpha value is -2.14. The fourth-order valence-corrected chi connectivity index (χ4v) is 4.51. The summed E-state index contributed by atoms with van der Waals surface area (Å²) in [5, 5.41) is 13.9. The minimum Gasteiger partial charge on any atom is -0.396 e. The van der Waals surface area contributed by atoms with Crippen LogP contribution in [0.5, 0.6) is 0 Å². The maximum Gasteiger partial charge on any atom is 0.276 e. The molecule has 5 nitrogen and oxygen atoms in total. The Balaban J connectivity index is 1.60. The zero-order chi connectivity index (χ0) is 16.7. The van der Waals surface area contributed by atoms with E-state index in [0.29, 0.717) is 11.5 Å². The van der Waals surface area contributed by atoms with Crippen molar-refractivity contribution in [3.8, 4) is 11.3 Å². The number of nitrogens with zero attached hydrogens (tertiary/aromatic N) is 2. The standard InChI is InChI=1S/C19H22N2O3/c1-2-19(12-22)11-14-8-9-17(19)21(14)18(23)15-10-16(24-20-15)13-6-4-3-5-7-13/h3-7,10,14,17,22H,2,8-9,11-12H2,1H3/t14-,17+,19-/m1/s1. The Kier molecular flexibility index (Phi) is 3.68. The van der Waals surface area contributed by atoms with Gasteiger partial charge in [0.1, 0.15) is 0 Å². The van der Waals surface area contributed by atoms with E-state index in [9.17, 15) is 9.90 Å². The third kappa shape index (κ3) is 2.18. The summed E-state index contributed by atoms with van der Waals surface area (Å²) in [6, 6.07) is 11.7. The minimum atomic E-state index is -0.148. The van der Waals surface area contributed by atoms with Crippen molar-refractivity contribution in [2.45, 2.75) is 44.7 Å². The number of hydrogen-bond acceptors (Lipinski definition) is 4. The Bertz CT molecular complexity index is 736. The normalized spacial score (nSPS) is 28.5. The lowest BCUT2D eigenvalue weighted by Crippen LogP contribution is -2.42. The number of carbonyl (C=O) groups excluding carboxylic acids is 1. The first-order valence-corrected chi connectivity index (χ1v) is 8.64. The molecule has 3 atom stereocenters. The van der Waals surface area contributed by atoms with Crippen LogP contribution in [-0.4, -0.2) is 39.8 Å². The fourth-order valence-electron chi connectivity index (χ4n) is 4.51. The molecule has 0 spiro atoms. The number of fused-ring (bicyclic) bond motifs is 2. The van der Waals surface area contributed by atoms with E-state index in [0.717, 1.165) is 31.2 Å². The van der Waals surface area contributed by atoms with E-state index in [1.807, 2.05) is 35.2 Å².